The molecule has 0 aliphatic carbocycles. The number of nitrogens with one attached hydrogen (secondary N) is 1. The average Bonchev–Trinajstić information content (AvgIpc) is 3.25. The zero-order valence-electron chi connectivity index (χ0n) is 21.9. The Morgan fingerprint density at radius 1 is 1.00 bits per heavy atom. The molecular formula is C31H28BrN3O4. The number of ether oxygens (including phenoxy) is 1. The van der Waals surface area contributed by atoms with E-state index in [0.717, 1.165) is 37.2 Å². The first-order chi connectivity index (χ1) is 18.7. The molecule has 4 amide bonds. The molecule has 3 aromatic carbocycles. The number of benzene rings is 3. The number of rotatable bonds is 7. The predicted molar refractivity (Wildman–Crippen MR) is 156 cm³/mol. The first-order valence-corrected chi connectivity index (χ1v) is 13.5. The van der Waals surface area contributed by atoms with Crippen LogP contribution < -0.4 is 15.0 Å². The fraction of sp³-hybridized carbons (Fsp3) is 0.194. The van der Waals surface area contributed by atoms with Gasteiger partial charge in [-0.3, -0.25) is 14.9 Å². The number of aromatic nitrogens is 1. The highest BCUT2D eigenvalue weighted by molar-refractivity contribution is 9.10. The summed E-state index contributed by atoms with van der Waals surface area (Å²) in [5.74, 6) is -0.175. The molecule has 0 unspecified atom stereocenters. The molecule has 5 rings (SSSR count). The molecule has 4 aromatic rings. The quantitative estimate of drug-likeness (QED) is 0.196. The molecule has 2 heterocycles. The summed E-state index contributed by atoms with van der Waals surface area (Å²) in [4.78, 5) is 39.6. The van der Waals surface area contributed by atoms with Crippen LogP contribution in [0.3, 0.4) is 0 Å². The van der Waals surface area contributed by atoms with Crippen molar-refractivity contribution < 1.29 is 19.1 Å². The molecule has 1 fully saturated rings. The number of aryl methyl sites for hydroxylation is 1. The van der Waals surface area contributed by atoms with Crippen LogP contribution in [0, 0.1) is 6.92 Å². The highest BCUT2D eigenvalue weighted by Gasteiger charge is 2.37. The maximum atomic E-state index is 13.4. The second-order valence-electron chi connectivity index (χ2n) is 9.77. The number of carbonyl (C=O) groups excluding carboxylic acids is 3. The molecule has 1 aromatic heterocycles. The number of nitrogens with zero attached hydrogens (tertiary/aromatic N) is 2. The van der Waals surface area contributed by atoms with Crippen LogP contribution in [0.5, 0.6) is 5.75 Å². The Balaban J connectivity index is 1.44. The summed E-state index contributed by atoms with van der Waals surface area (Å²) in [6.45, 7) is 7.35. The second-order valence-corrected chi connectivity index (χ2v) is 10.7. The summed E-state index contributed by atoms with van der Waals surface area (Å²) in [5, 5.41) is 3.18. The average molecular weight is 586 g/mol. The van der Waals surface area contributed by atoms with E-state index < -0.39 is 17.8 Å². The Kier molecular flexibility index (Phi) is 7.39. The lowest BCUT2D eigenvalue weighted by atomic mass is 10.0. The number of fused-ring (bicyclic) bond motifs is 1. The smallest absolute Gasteiger partial charge is 0.335 e. The van der Waals surface area contributed by atoms with Crippen LogP contribution in [-0.2, 0) is 16.1 Å². The number of anilines is 1. The first kappa shape index (κ1) is 26.4. The van der Waals surface area contributed by atoms with E-state index in [2.05, 4.69) is 57.9 Å². The number of para-hydroxylation sites is 1. The maximum Gasteiger partial charge on any atom is 0.335 e. The zero-order chi connectivity index (χ0) is 27.7. The molecule has 0 bridgehead atoms. The lowest BCUT2D eigenvalue weighted by Crippen LogP contribution is -2.54. The van der Waals surface area contributed by atoms with E-state index in [4.69, 9.17) is 4.74 Å². The van der Waals surface area contributed by atoms with E-state index >= 15 is 0 Å². The van der Waals surface area contributed by atoms with Crippen molar-refractivity contribution in [3.05, 3.63) is 99.7 Å². The second kappa shape index (κ2) is 10.9. The van der Waals surface area contributed by atoms with Gasteiger partial charge in [0.2, 0.25) is 0 Å². The van der Waals surface area contributed by atoms with Crippen molar-refractivity contribution in [2.24, 2.45) is 0 Å². The van der Waals surface area contributed by atoms with Crippen LogP contribution in [0.1, 0.15) is 36.5 Å². The molecule has 0 atom stereocenters. The summed E-state index contributed by atoms with van der Waals surface area (Å²) in [7, 11) is 0. The van der Waals surface area contributed by atoms with E-state index in [1.54, 1.807) is 30.3 Å². The van der Waals surface area contributed by atoms with Gasteiger partial charge < -0.3 is 9.30 Å². The summed E-state index contributed by atoms with van der Waals surface area (Å²) >= 11 is 3.35. The van der Waals surface area contributed by atoms with Gasteiger partial charge in [0.1, 0.15) is 17.9 Å². The predicted octanol–water partition coefficient (Wildman–Crippen LogP) is 6.58. The van der Waals surface area contributed by atoms with E-state index in [1.807, 2.05) is 37.4 Å². The number of hydrogen-bond donors (Lipinski definition) is 1. The largest absolute Gasteiger partial charge is 0.491 e. The van der Waals surface area contributed by atoms with Gasteiger partial charge in [0.25, 0.3) is 11.8 Å². The van der Waals surface area contributed by atoms with Crippen molar-refractivity contribution >= 4 is 56.4 Å². The third-order valence-electron chi connectivity index (χ3n) is 6.69. The van der Waals surface area contributed by atoms with Gasteiger partial charge in [-0.15, -0.1) is 0 Å². The number of urea groups is 1. The van der Waals surface area contributed by atoms with Crippen LogP contribution in [0.25, 0.3) is 17.0 Å². The third-order valence-corrected chi connectivity index (χ3v) is 7.22. The number of imide groups is 2. The minimum atomic E-state index is -0.777. The molecular weight excluding hydrogens is 558 g/mol. The van der Waals surface area contributed by atoms with Crippen molar-refractivity contribution in [2.45, 2.75) is 33.2 Å². The Morgan fingerprint density at radius 2 is 1.74 bits per heavy atom. The van der Waals surface area contributed by atoms with Gasteiger partial charge in [-0.1, -0.05) is 60.1 Å². The number of hydrogen-bond acceptors (Lipinski definition) is 4. The molecule has 1 N–H and O–H groups in total. The fourth-order valence-electron chi connectivity index (χ4n) is 4.71. The molecule has 0 saturated carbocycles. The van der Waals surface area contributed by atoms with E-state index in [1.165, 1.54) is 0 Å². The molecule has 8 heteroatoms. The lowest BCUT2D eigenvalue weighted by molar-refractivity contribution is -0.122. The minimum Gasteiger partial charge on any atom is -0.491 e. The molecule has 0 spiro atoms. The van der Waals surface area contributed by atoms with Crippen LogP contribution in [0.15, 0.2) is 83.0 Å². The molecule has 0 radical (unpaired) electrons. The number of barbiturate groups is 1. The molecule has 39 heavy (non-hydrogen) atoms. The van der Waals surface area contributed by atoms with Crippen LogP contribution in [0.4, 0.5) is 10.5 Å². The number of carbonyl (C=O) groups is 3. The van der Waals surface area contributed by atoms with Gasteiger partial charge in [0.05, 0.1) is 12.2 Å². The summed E-state index contributed by atoms with van der Waals surface area (Å²) in [6.07, 6.45) is 3.45. The minimum absolute atomic E-state index is 0.113. The van der Waals surface area contributed by atoms with Gasteiger partial charge in [-0.25, -0.2) is 9.69 Å². The highest BCUT2D eigenvalue weighted by Crippen LogP contribution is 2.29. The normalized spacial score (nSPS) is 14.9. The Bertz CT molecular complexity index is 1620. The van der Waals surface area contributed by atoms with Crippen LogP contribution in [-0.4, -0.2) is 29.0 Å². The molecule has 7 nitrogen and oxygen atoms in total. The monoisotopic (exact) mass is 585 g/mol. The van der Waals surface area contributed by atoms with Crippen molar-refractivity contribution in [1.82, 2.24) is 9.88 Å². The first-order valence-electron chi connectivity index (χ1n) is 12.7. The Labute approximate surface area is 235 Å². The fourth-order valence-corrected chi connectivity index (χ4v) is 4.97. The molecule has 198 valence electrons. The summed E-state index contributed by atoms with van der Waals surface area (Å²) in [6, 6.07) is 20.0. The maximum absolute atomic E-state index is 13.4. The standard InChI is InChI=1S/C31H28BrN3O4/c1-19(2)24-13-8-20(3)16-28(24)39-15-14-34-18-21(25-6-4-5-7-27(25)34)17-26-29(36)33-31(38)35(30(26)37)23-11-9-22(32)10-12-23/h4-13,16-19H,14-15H2,1-3H3,(H,33,36,38)/b26-17-. The molecule has 1 saturated heterocycles. The van der Waals surface area contributed by atoms with Gasteiger partial charge in [-0.2, -0.15) is 0 Å². The SMILES string of the molecule is Cc1ccc(C(C)C)c(OCCn2cc(/C=C3/C(=O)NC(=O)N(c4ccc(Br)cc4)C3=O)c3ccccc32)c1. The van der Waals surface area contributed by atoms with E-state index in [-0.39, 0.29) is 5.57 Å². The highest BCUT2D eigenvalue weighted by atomic mass is 79.9. The third kappa shape index (κ3) is 5.38. The lowest BCUT2D eigenvalue weighted by Gasteiger charge is -2.26. The van der Waals surface area contributed by atoms with Gasteiger partial charge in [0, 0.05) is 27.1 Å². The van der Waals surface area contributed by atoms with Gasteiger partial charge in [0.15, 0.2) is 0 Å². The van der Waals surface area contributed by atoms with Crippen molar-refractivity contribution in [3.63, 3.8) is 0 Å². The topological polar surface area (TPSA) is 80.6 Å². The zero-order valence-corrected chi connectivity index (χ0v) is 23.5. The molecule has 1 aliphatic rings. The van der Waals surface area contributed by atoms with Crippen LogP contribution >= 0.6 is 15.9 Å². The van der Waals surface area contributed by atoms with Gasteiger partial charge in [-0.05, 0) is 66.4 Å². The van der Waals surface area contributed by atoms with Gasteiger partial charge >= 0.3 is 6.03 Å². The van der Waals surface area contributed by atoms with Crippen molar-refractivity contribution in [2.75, 3.05) is 11.5 Å². The number of halogens is 1. The Hall–Kier alpha value is -4.17. The molecule has 1 aliphatic heterocycles. The Morgan fingerprint density at radius 3 is 2.49 bits per heavy atom. The number of amides is 4. The van der Waals surface area contributed by atoms with E-state index in [9.17, 15) is 14.4 Å². The summed E-state index contributed by atoms with van der Waals surface area (Å²) in [5.41, 5.74) is 4.21. The van der Waals surface area contributed by atoms with Crippen LogP contribution in [0.2, 0.25) is 0 Å². The van der Waals surface area contributed by atoms with Crippen molar-refractivity contribution in [1.29, 1.82) is 0 Å². The van der Waals surface area contributed by atoms with Crippen molar-refractivity contribution in [3.8, 4) is 5.75 Å². The summed E-state index contributed by atoms with van der Waals surface area (Å²) < 4.78 is 9.07. The van der Waals surface area contributed by atoms with E-state index in [0.29, 0.717) is 30.3 Å².